The summed E-state index contributed by atoms with van der Waals surface area (Å²) in [6, 6.07) is 11.1. The Labute approximate surface area is 128 Å². The summed E-state index contributed by atoms with van der Waals surface area (Å²) in [6.07, 6.45) is 1.19. The number of aliphatic hydroxyl groups is 1. The maximum atomic E-state index is 9.92. The van der Waals surface area contributed by atoms with Crippen LogP contribution in [0.5, 0.6) is 5.75 Å². The highest BCUT2D eigenvalue weighted by molar-refractivity contribution is 7.99. The van der Waals surface area contributed by atoms with Crippen molar-refractivity contribution >= 4 is 23.4 Å². The van der Waals surface area contributed by atoms with Crippen LogP contribution in [0, 0.1) is 6.92 Å². The number of hydrogen-bond donors (Lipinski definition) is 1. The maximum Gasteiger partial charge on any atom is 0.122 e. The number of benzene rings is 1. The second-order valence-corrected chi connectivity index (χ2v) is 5.83. The minimum atomic E-state index is -0.544. The molecule has 20 heavy (non-hydrogen) atoms. The first-order chi connectivity index (χ1) is 9.65. The van der Waals surface area contributed by atoms with Gasteiger partial charge in [0.15, 0.2) is 0 Å². The summed E-state index contributed by atoms with van der Waals surface area (Å²) < 4.78 is 5.60. The third-order valence-corrected chi connectivity index (χ3v) is 3.95. The van der Waals surface area contributed by atoms with Crippen LogP contribution in [0.2, 0.25) is 5.02 Å². The molecule has 0 bridgehead atoms. The van der Waals surface area contributed by atoms with E-state index in [4.69, 9.17) is 16.3 Å². The topological polar surface area (TPSA) is 42.4 Å². The van der Waals surface area contributed by atoms with Gasteiger partial charge in [0.1, 0.15) is 12.4 Å². The van der Waals surface area contributed by atoms with Crippen LogP contribution in [0.1, 0.15) is 5.56 Å². The first-order valence-electron chi connectivity index (χ1n) is 6.26. The normalized spacial score (nSPS) is 12.2. The molecule has 0 aliphatic heterocycles. The van der Waals surface area contributed by atoms with Crippen molar-refractivity contribution in [3.05, 3.63) is 53.2 Å². The molecule has 0 fully saturated rings. The molecule has 0 aliphatic rings. The SMILES string of the molecule is Cc1cc(Cl)ccc1OC[C@H](O)CSc1ccccn1. The van der Waals surface area contributed by atoms with Gasteiger partial charge in [-0.25, -0.2) is 4.98 Å². The molecule has 1 N–H and O–H groups in total. The number of aliphatic hydroxyl groups excluding tert-OH is 1. The summed E-state index contributed by atoms with van der Waals surface area (Å²) >= 11 is 7.39. The number of thioether (sulfide) groups is 1. The molecule has 1 aromatic heterocycles. The van der Waals surface area contributed by atoms with Crippen LogP contribution in [0.4, 0.5) is 0 Å². The van der Waals surface area contributed by atoms with Crippen molar-refractivity contribution in [2.75, 3.05) is 12.4 Å². The Balaban J connectivity index is 1.79. The summed E-state index contributed by atoms with van der Waals surface area (Å²) in [7, 11) is 0. The molecule has 0 amide bonds. The van der Waals surface area contributed by atoms with Crippen molar-refractivity contribution in [1.82, 2.24) is 4.98 Å². The van der Waals surface area contributed by atoms with Crippen molar-refractivity contribution < 1.29 is 9.84 Å². The maximum absolute atomic E-state index is 9.92. The zero-order valence-electron chi connectivity index (χ0n) is 11.1. The number of halogens is 1. The quantitative estimate of drug-likeness (QED) is 0.828. The van der Waals surface area contributed by atoms with E-state index in [9.17, 15) is 5.11 Å². The number of nitrogens with zero attached hydrogens (tertiary/aromatic N) is 1. The summed E-state index contributed by atoms with van der Waals surface area (Å²) in [4.78, 5) is 4.19. The minimum absolute atomic E-state index is 0.252. The van der Waals surface area contributed by atoms with Crippen molar-refractivity contribution in [3.63, 3.8) is 0 Å². The highest BCUT2D eigenvalue weighted by Crippen LogP contribution is 2.22. The summed E-state index contributed by atoms with van der Waals surface area (Å²) in [5, 5.41) is 11.5. The lowest BCUT2D eigenvalue weighted by Gasteiger charge is -2.13. The fourth-order valence-corrected chi connectivity index (χ4v) is 2.62. The van der Waals surface area contributed by atoms with Crippen molar-refractivity contribution in [1.29, 1.82) is 0 Å². The third-order valence-electron chi connectivity index (χ3n) is 2.63. The monoisotopic (exact) mass is 309 g/mol. The minimum Gasteiger partial charge on any atom is -0.491 e. The molecular weight excluding hydrogens is 294 g/mol. The number of rotatable bonds is 6. The van der Waals surface area contributed by atoms with E-state index in [1.807, 2.05) is 37.3 Å². The molecule has 0 spiro atoms. The van der Waals surface area contributed by atoms with E-state index >= 15 is 0 Å². The Kier molecular flexibility index (Phi) is 5.71. The van der Waals surface area contributed by atoms with Crippen LogP contribution in [-0.4, -0.2) is 28.6 Å². The Morgan fingerprint density at radius 3 is 2.90 bits per heavy atom. The molecule has 1 atom stereocenters. The third kappa shape index (κ3) is 4.71. The lowest BCUT2D eigenvalue weighted by molar-refractivity contribution is 0.126. The molecule has 2 rings (SSSR count). The van der Waals surface area contributed by atoms with E-state index < -0.39 is 6.10 Å². The van der Waals surface area contributed by atoms with E-state index in [0.717, 1.165) is 16.3 Å². The number of hydrogen-bond acceptors (Lipinski definition) is 4. The molecule has 1 aromatic carbocycles. The van der Waals surface area contributed by atoms with Gasteiger partial charge in [-0.2, -0.15) is 0 Å². The van der Waals surface area contributed by atoms with Gasteiger partial charge in [-0.15, -0.1) is 11.8 Å². The average molecular weight is 310 g/mol. The van der Waals surface area contributed by atoms with Gasteiger partial charge in [-0.3, -0.25) is 0 Å². The van der Waals surface area contributed by atoms with Gasteiger partial charge in [0, 0.05) is 17.0 Å². The predicted octanol–water partition coefficient (Wildman–Crippen LogP) is 3.58. The number of pyridine rings is 1. The molecule has 2 aromatic rings. The molecule has 1 heterocycles. The highest BCUT2D eigenvalue weighted by Gasteiger charge is 2.08. The smallest absolute Gasteiger partial charge is 0.122 e. The summed E-state index contributed by atoms with van der Waals surface area (Å²) in [5.41, 5.74) is 0.960. The van der Waals surface area contributed by atoms with Gasteiger partial charge >= 0.3 is 0 Å². The van der Waals surface area contributed by atoms with Crippen molar-refractivity contribution in [2.24, 2.45) is 0 Å². The second kappa shape index (κ2) is 7.53. The van der Waals surface area contributed by atoms with Gasteiger partial charge < -0.3 is 9.84 Å². The predicted molar refractivity (Wildman–Crippen MR) is 82.7 cm³/mol. The number of aryl methyl sites for hydroxylation is 1. The lowest BCUT2D eigenvalue weighted by atomic mass is 10.2. The molecule has 5 heteroatoms. The van der Waals surface area contributed by atoms with E-state index in [2.05, 4.69) is 4.98 Å². The zero-order valence-corrected chi connectivity index (χ0v) is 12.7. The van der Waals surface area contributed by atoms with Crippen LogP contribution in [-0.2, 0) is 0 Å². The van der Waals surface area contributed by atoms with Gasteiger partial charge in [-0.1, -0.05) is 17.7 Å². The fourth-order valence-electron chi connectivity index (χ4n) is 1.62. The van der Waals surface area contributed by atoms with Gasteiger partial charge in [0.2, 0.25) is 0 Å². The first-order valence-corrected chi connectivity index (χ1v) is 7.62. The molecule has 3 nitrogen and oxygen atoms in total. The van der Waals surface area contributed by atoms with Gasteiger partial charge in [0.05, 0.1) is 11.1 Å². The second-order valence-electron chi connectivity index (χ2n) is 4.35. The van der Waals surface area contributed by atoms with Crippen molar-refractivity contribution in [2.45, 2.75) is 18.1 Å². The molecule has 0 radical (unpaired) electrons. The molecule has 0 saturated carbocycles. The molecule has 0 unspecified atom stereocenters. The number of ether oxygens (including phenoxy) is 1. The Morgan fingerprint density at radius 1 is 1.35 bits per heavy atom. The Hall–Kier alpha value is -1.23. The lowest BCUT2D eigenvalue weighted by Crippen LogP contribution is -2.20. The summed E-state index contributed by atoms with van der Waals surface area (Å²) in [5.74, 6) is 1.29. The largest absolute Gasteiger partial charge is 0.491 e. The van der Waals surface area contributed by atoms with Crippen LogP contribution >= 0.6 is 23.4 Å². The molecule has 106 valence electrons. The Bertz CT molecular complexity index is 551. The van der Waals surface area contributed by atoms with E-state index in [-0.39, 0.29) is 6.61 Å². The van der Waals surface area contributed by atoms with Crippen LogP contribution < -0.4 is 4.74 Å². The van der Waals surface area contributed by atoms with Gasteiger partial charge in [-0.05, 0) is 42.8 Å². The van der Waals surface area contributed by atoms with E-state index in [1.165, 1.54) is 11.8 Å². The fraction of sp³-hybridized carbons (Fsp3) is 0.267. The van der Waals surface area contributed by atoms with E-state index in [1.54, 1.807) is 12.3 Å². The highest BCUT2D eigenvalue weighted by atomic mass is 35.5. The zero-order chi connectivity index (χ0) is 14.4. The number of aromatic nitrogens is 1. The Morgan fingerprint density at radius 2 is 2.20 bits per heavy atom. The van der Waals surface area contributed by atoms with Crippen LogP contribution in [0.15, 0.2) is 47.6 Å². The molecular formula is C15H16ClNO2S. The average Bonchev–Trinajstić information content (AvgIpc) is 2.45. The first kappa shape index (κ1) is 15.2. The van der Waals surface area contributed by atoms with Gasteiger partial charge in [0.25, 0.3) is 0 Å². The standard InChI is InChI=1S/C15H16ClNO2S/c1-11-8-12(16)5-6-14(11)19-9-13(18)10-20-15-4-2-3-7-17-15/h2-8,13,18H,9-10H2,1H3/t13-/m0/s1. The molecule has 0 aliphatic carbocycles. The van der Waals surface area contributed by atoms with Crippen LogP contribution in [0.3, 0.4) is 0 Å². The molecule has 0 saturated heterocycles. The van der Waals surface area contributed by atoms with Crippen LogP contribution in [0.25, 0.3) is 0 Å². The summed E-state index contributed by atoms with van der Waals surface area (Å²) in [6.45, 7) is 2.18. The van der Waals surface area contributed by atoms with Crippen molar-refractivity contribution in [3.8, 4) is 5.75 Å². The van der Waals surface area contributed by atoms with E-state index in [0.29, 0.717) is 10.8 Å².